The standard InChI is InChI=1S/C18H28O4/c1-22-18(21)14-8-12-16(19)11-4-2-3-5-13-17(20)15-9-6-7-10-15/h4-5,11,13,15-16,19H,2-3,6-10,12,14H2,1H3/b11-4-,13-5+. The summed E-state index contributed by atoms with van der Waals surface area (Å²) in [6.45, 7) is 0. The van der Waals surface area contributed by atoms with Crippen molar-refractivity contribution in [2.45, 2.75) is 63.9 Å². The Hall–Kier alpha value is -1.42. The van der Waals surface area contributed by atoms with E-state index in [2.05, 4.69) is 4.74 Å². The Balaban J connectivity index is 2.07. The van der Waals surface area contributed by atoms with Crippen LogP contribution < -0.4 is 0 Å². The molecule has 1 aliphatic carbocycles. The SMILES string of the molecule is COC(=O)CCCC(O)/C=C\CC/C=C/C(=O)C1CCCC1. The molecule has 1 aliphatic rings. The number of ketones is 1. The van der Waals surface area contributed by atoms with E-state index in [4.69, 9.17) is 0 Å². The van der Waals surface area contributed by atoms with Gasteiger partial charge in [-0.25, -0.2) is 0 Å². The van der Waals surface area contributed by atoms with Gasteiger partial charge in [0.25, 0.3) is 0 Å². The Bertz CT molecular complexity index is 392. The summed E-state index contributed by atoms with van der Waals surface area (Å²) in [4.78, 5) is 22.7. The average Bonchev–Trinajstić information content (AvgIpc) is 3.04. The molecule has 0 amide bonds. The Morgan fingerprint density at radius 1 is 1.23 bits per heavy atom. The third-order valence-corrected chi connectivity index (χ3v) is 4.01. The predicted octanol–water partition coefficient (Wildman–Crippen LogP) is 3.34. The van der Waals surface area contributed by atoms with Crippen LogP contribution in [0.15, 0.2) is 24.3 Å². The molecule has 1 unspecified atom stereocenters. The molecule has 0 spiro atoms. The molecule has 0 radical (unpaired) electrons. The summed E-state index contributed by atoms with van der Waals surface area (Å²) in [6, 6.07) is 0. The lowest BCUT2D eigenvalue weighted by Gasteiger charge is -2.04. The fourth-order valence-corrected chi connectivity index (χ4v) is 2.65. The topological polar surface area (TPSA) is 63.6 Å². The Kier molecular flexibility index (Phi) is 9.47. The third kappa shape index (κ3) is 8.13. The molecule has 4 nitrogen and oxygen atoms in total. The molecule has 1 N–H and O–H groups in total. The molecular formula is C18H28O4. The number of carbonyl (C=O) groups is 2. The van der Waals surface area contributed by atoms with Gasteiger partial charge in [0.2, 0.25) is 0 Å². The predicted molar refractivity (Wildman–Crippen MR) is 86.4 cm³/mol. The van der Waals surface area contributed by atoms with E-state index in [0.717, 1.165) is 25.7 Å². The number of methoxy groups -OCH3 is 1. The second kappa shape index (κ2) is 11.2. The first kappa shape index (κ1) is 18.6. The lowest BCUT2D eigenvalue weighted by Crippen LogP contribution is -2.06. The van der Waals surface area contributed by atoms with Crippen LogP contribution in [0, 0.1) is 5.92 Å². The fourth-order valence-electron chi connectivity index (χ4n) is 2.65. The van der Waals surface area contributed by atoms with Crippen molar-refractivity contribution in [3.63, 3.8) is 0 Å². The molecule has 1 saturated carbocycles. The molecule has 124 valence electrons. The van der Waals surface area contributed by atoms with E-state index in [-0.39, 0.29) is 17.7 Å². The molecule has 0 aliphatic heterocycles. The summed E-state index contributed by atoms with van der Waals surface area (Å²) in [7, 11) is 1.36. The Morgan fingerprint density at radius 3 is 2.59 bits per heavy atom. The molecule has 0 aromatic carbocycles. The molecule has 1 rings (SSSR count). The summed E-state index contributed by atoms with van der Waals surface area (Å²) in [5.41, 5.74) is 0. The monoisotopic (exact) mass is 308 g/mol. The van der Waals surface area contributed by atoms with Crippen molar-refractivity contribution in [2.24, 2.45) is 5.92 Å². The summed E-state index contributed by atoms with van der Waals surface area (Å²) in [5.74, 6) is 0.279. The van der Waals surface area contributed by atoms with Crippen LogP contribution in [0.3, 0.4) is 0 Å². The highest BCUT2D eigenvalue weighted by Crippen LogP contribution is 2.25. The molecule has 0 heterocycles. The van der Waals surface area contributed by atoms with E-state index >= 15 is 0 Å². The number of hydrogen-bond donors (Lipinski definition) is 1. The number of unbranched alkanes of at least 4 members (excludes halogenated alkanes) is 1. The lowest BCUT2D eigenvalue weighted by molar-refractivity contribution is -0.140. The van der Waals surface area contributed by atoms with Gasteiger partial charge in [-0.2, -0.15) is 0 Å². The number of aliphatic hydroxyl groups excluding tert-OH is 1. The molecule has 1 fully saturated rings. The van der Waals surface area contributed by atoms with E-state index in [1.807, 2.05) is 12.2 Å². The van der Waals surface area contributed by atoms with Gasteiger partial charge in [-0.3, -0.25) is 9.59 Å². The van der Waals surface area contributed by atoms with Gasteiger partial charge in [0.15, 0.2) is 5.78 Å². The van der Waals surface area contributed by atoms with Crippen molar-refractivity contribution in [3.05, 3.63) is 24.3 Å². The zero-order chi connectivity index (χ0) is 16.2. The second-order valence-electron chi connectivity index (χ2n) is 5.83. The van der Waals surface area contributed by atoms with Crippen LogP contribution in [0.25, 0.3) is 0 Å². The largest absolute Gasteiger partial charge is 0.469 e. The highest BCUT2D eigenvalue weighted by molar-refractivity contribution is 5.91. The highest BCUT2D eigenvalue weighted by atomic mass is 16.5. The summed E-state index contributed by atoms with van der Waals surface area (Å²) in [6.07, 6.45) is 14.4. The first-order valence-electron chi connectivity index (χ1n) is 8.25. The maximum absolute atomic E-state index is 11.8. The Morgan fingerprint density at radius 2 is 1.91 bits per heavy atom. The van der Waals surface area contributed by atoms with Crippen LogP contribution >= 0.6 is 0 Å². The maximum Gasteiger partial charge on any atom is 0.305 e. The number of esters is 1. The number of hydrogen-bond acceptors (Lipinski definition) is 4. The minimum Gasteiger partial charge on any atom is -0.469 e. The van der Waals surface area contributed by atoms with Gasteiger partial charge in [-0.15, -0.1) is 0 Å². The van der Waals surface area contributed by atoms with Gasteiger partial charge in [0.1, 0.15) is 0 Å². The number of ether oxygens (including phenoxy) is 1. The molecule has 0 aromatic heterocycles. The molecule has 4 heteroatoms. The van der Waals surface area contributed by atoms with Crippen molar-refractivity contribution < 1.29 is 19.4 Å². The van der Waals surface area contributed by atoms with Crippen LogP contribution in [-0.4, -0.2) is 30.1 Å². The average molecular weight is 308 g/mol. The van der Waals surface area contributed by atoms with Crippen LogP contribution in [0.2, 0.25) is 0 Å². The normalized spacial score (nSPS) is 17.4. The van der Waals surface area contributed by atoms with Gasteiger partial charge in [-0.1, -0.05) is 31.1 Å². The van der Waals surface area contributed by atoms with Crippen LogP contribution in [0.1, 0.15) is 57.8 Å². The number of carbonyl (C=O) groups excluding carboxylic acids is 2. The van der Waals surface area contributed by atoms with E-state index in [0.29, 0.717) is 19.3 Å². The second-order valence-corrected chi connectivity index (χ2v) is 5.83. The van der Waals surface area contributed by atoms with Crippen molar-refractivity contribution in [3.8, 4) is 0 Å². The zero-order valence-electron chi connectivity index (χ0n) is 13.5. The first-order valence-corrected chi connectivity index (χ1v) is 8.25. The summed E-state index contributed by atoms with van der Waals surface area (Å²) in [5, 5.41) is 9.71. The lowest BCUT2D eigenvalue weighted by atomic mass is 10.0. The number of rotatable bonds is 10. The number of aliphatic hydroxyl groups is 1. The van der Waals surface area contributed by atoms with Gasteiger partial charge in [0, 0.05) is 12.3 Å². The third-order valence-electron chi connectivity index (χ3n) is 4.01. The quantitative estimate of drug-likeness (QED) is 0.291. The summed E-state index contributed by atoms with van der Waals surface area (Å²) < 4.78 is 4.54. The van der Waals surface area contributed by atoms with Crippen LogP contribution in [0.5, 0.6) is 0 Å². The van der Waals surface area contributed by atoms with Crippen molar-refractivity contribution in [1.82, 2.24) is 0 Å². The summed E-state index contributed by atoms with van der Waals surface area (Å²) >= 11 is 0. The molecule has 0 saturated heterocycles. The molecule has 22 heavy (non-hydrogen) atoms. The molecule has 0 aromatic rings. The maximum atomic E-state index is 11.8. The molecule has 1 atom stereocenters. The van der Waals surface area contributed by atoms with Crippen LogP contribution in [-0.2, 0) is 14.3 Å². The van der Waals surface area contributed by atoms with Crippen molar-refractivity contribution in [1.29, 1.82) is 0 Å². The van der Waals surface area contributed by atoms with Gasteiger partial charge < -0.3 is 9.84 Å². The fraction of sp³-hybridized carbons (Fsp3) is 0.667. The van der Waals surface area contributed by atoms with Crippen molar-refractivity contribution in [2.75, 3.05) is 7.11 Å². The zero-order valence-corrected chi connectivity index (χ0v) is 13.5. The Labute approximate surface area is 133 Å². The number of allylic oxidation sites excluding steroid dienone is 3. The minimum atomic E-state index is -0.520. The minimum absolute atomic E-state index is 0.242. The smallest absolute Gasteiger partial charge is 0.305 e. The first-order chi connectivity index (χ1) is 10.6. The van der Waals surface area contributed by atoms with E-state index in [1.54, 1.807) is 12.2 Å². The van der Waals surface area contributed by atoms with Gasteiger partial charge in [0.05, 0.1) is 13.2 Å². The van der Waals surface area contributed by atoms with Gasteiger partial charge >= 0.3 is 5.97 Å². The molecule has 0 bridgehead atoms. The van der Waals surface area contributed by atoms with Crippen LogP contribution in [0.4, 0.5) is 0 Å². The van der Waals surface area contributed by atoms with Gasteiger partial charge in [-0.05, 0) is 44.6 Å². The molecular weight excluding hydrogens is 280 g/mol. The highest BCUT2D eigenvalue weighted by Gasteiger charge is 2.19. The van der Waals surface area contributed by atoms with Crippen molar-refractivity contribution >= 4 is 11.8 Å². The van der Waals surface area contributed by atoms with E-state index in [1.165, 1.54) is 20.0 Å². The van der Waals surface area contributed by atoms with E-state index in [9.17, 15) is 14.7 Å². The van der Waals surface area contributed by atoms with E-state index < -0.39 is 6.10 Å².